The number of aromatic nitrogens is 3. The molecule has 0 saturated carbocycles. The zero-order chi connectivity index (χ0) is 13.2. The Morgan fingerprint density at radius 3 is 2.74 bits per heavy atom. The van der Waals surface area contributed by atoms with Gasteiger partial charge in [-0.1, -0.05) is 24.3 Å². The molecule has 96 valence electrons. The normalized spacial score (nSPS) is 12.7. The number of benzene rings is 1. The van der Waals surface area contributed by atoms with Gasteiger partial charge in [-0.2, -0.15) is 5.10 Å². The number of fused-ring (bicyclic) bond motifs is 1. The van der Waals surface area contributed by atoms with E-state index >= 15 is 0 Å². The van der Waals surface area contributed by atoms with Gasteiger partial charge in [-0.25, -0.2) is 9.67 Å². The quantitative estimate of drug-likeness (QED) is 0.778. The summed E-state index contributed by atoms with van der Waals surface area (Å²) in [6, 6.07) is 12.3. The van der Waals surface area contributed by atoms with Gasteiger partial charge in [-0.05, 0) is 31.0 Å². The average Bonchev–Trinajstić information content (AvgIpc) is 2.83. The van der Waals surface area contributed by atoms with Crippen molar-refractivity contribution in [2.45, 2.75) is 19.4 Å². The lowest BCUT2D eigenvalue weighted by atomic mass is 10.1. The fourth-order valence-electron chi connectivity index (χ4n) is 2.19. The van der Waals surface area contributed by atoms with E-state index in [0.717, 1.165) is 28.7 Å². The molecule has 0 saturated heterocycles. The van der Waals surface area contributed by atoms with Crippen LogP contribution in [0.2, 0.25) is 0 Å². The molecule has 1 aromatic carbocycles. The maximum atomic E-state index is 5.79. The van der Waals surface area contributed by atoms with Crippen molar-refractivity contribution in [2.24, 2.45) is 5.73 Å². The molecule has 1 atom stereocenters. The predicted molar refractivity (Wildman–Crippen MR) is 76.2 cm³/mol. The van der Waals surface area contributed by atoms with Gasteiger partial charge in [0.1, 0.15) is 0 Å². The second-order valence-electron chi connectivity index (χ2n) is 4.82. The molecule has 0 aliphatic rings. The van der Waals surface area contributed by atoms with Crippen molar-refractivity contribution in [3.63, 3.8) is 0 Å². The highest BCUT2D eigenvalue weighted by Crippen LogP contribution is 2.16. The molecule has 0 aliphatic carbocycles. The van der Waals surface area contributed by atoms with E-state index in [1.807, 2.05) is 54.3 Å². The standard InChI is InChI=1S/C15H16N4/c1-11(16)8-12-6-7-15(17-9-12)19-14-5-3-2-4-13(14)10-18-19/h2-7,9-11H,8,16H2,1H3. The fraction of sp³-hybridized carbons (Fsp3) is 0.200. The highest BCUT2D eigenvalue weighted by Gasteiger charge is 2.05. The Kier molecular flexibility index (Phi) is 3.01. The summed E-state index contributed by atoms with van der Waals surface area (Å²) in [4.78, 5) is 4.47. The van der Waals surface area contributed by atoms with Crippen molar-refractivity contribution in [1.29, 1.82) is 0 Å². The minimum Gasteiger partial charge on any atom is -0.328 e. The van der Waals surface area contributed by atoms with Gasteiger partial charge in [-0.3, -0.25) is 0 Å². The van der Waals surface area contributed by atoms with Gasteiger partial charge < -0.3 is 5.73 Å². The molecule has 3 aromatic rings. The molecule has 0 aliphatic heterocycles. The molecular weight excluding hydrogens is 236 g/mol. The molecule has 2 heterocycles. The Bertz CT molecular complexity index is 683. The van der Waals surface area contributed by atoms with Gasteiger partial charge in [0.25, 0.3) is 0 Å². The molecular formula is C15H16N4. The smallest absolute Gasteiger partial charge is 0.153 e. The van der Waals surface area contributed by atoms with Crippen LogP contribution in [-0.4, -0.2) is 20.8 Å². The molecule has 2 N–H and O–H groups in total. The highest BCUT2D eigenvalue weighted by molar-refractivity contribution is 5.79. The number of nitrogens with two attached hydrogens (primary N) is 1. The van der Waals surface area contributed by atoms with Crippen molar-refractivity contribution in [3.8, 4) is 5.82 Å². The van der Waals surface area contributed by atoms with E-state index in [0.29, 0.717) is 0 Å². The molecule has 0 radical (unpaired) electrons. The number of rotatable bonds is 3. The molecule has 1 unspecified atom stereocenters. The van der Waals surface area contributed by atoms with Gasteiger partial charge in [0.15, 0.2) is 5.82 Å². The number of hydrogen-bond donors (Lipinski definition) is 1. The summed E-state index contributed by atoms with van der Waals surface area (Å²) in [5.74, 6) is 0.828. The summed E-state index contributed by atoms with van der Waals surface area (Å²) < 4.78 is 1.85. The van der Waals surface area contributed by atoms with E-state index in [2.05, 4.69) is 16.1 Å². The zero-order valence-electron chi connectivity index (χ0n) is 10.8. The molecule has 19 heavy (non-hydrogen) atoms. The van der Waals surface area contributed by atoms with Gasteiger partial charge in [-0.15, -0.1) is 0 Å². The van der Waals surface area contributed by atoms with E-state index in [4.69, 9.17) is 5.73 Å². The van der Waals surface area contributed by atoms with Crippen LogP contribution in [-0.2, 0) is 6.42 Å². The zero-order valence-corrected chi connectivity index (χ0v) is 10.8. The van der Waals surface area contributed by atoms with E-state index in [-0.39, 0.29) is 6.04 Å². The minimum absolute atomic E-state index is 0.151. The molecule has 0 amide bonds. The average molecular weight is 252 g/mol. The summed E-state index contributed by atoms with van der Waals surface area (Å²) in [5, 5.41) is 5.50. The summed E-state index contributed by atoms with van der Waals surface area (Å²) >= 11 is 0. The van der Waals surface area contributed by atoms with Crippen molar-refractivity contribution >= 4 is 10.9 Å². The molecule has 4 heteroatoms. The van der Waals surface area contributed by atoms with Crippen LogP contribution in [0.1, 0.15) is 12.5 Å². The first-order valence-corrected chi connectivity index (χ1v) is 6.38. The SMILES string of the molecule is CC(N)Cc1ccc(-n2ncc3ccccc32)nc1. The van der Waals surface area contributed by atoms with Crippen LogP contribution in [0.5, 0.6) is 0 Å². The lowest BCUT2D eigenvalue weighted by molar-refractivity contribution is 0.734. The van der Waals surface area contributed by atoms with E-state index in [9.17, 15) is 0 Å². The third kappa shape index (κ3) is 2.35. The molecule has 0 bridgehead atoms. The third-order valence-electron chi connectivity index (χ3n) is 3.06. The van der Waals surface area contributed by atoms with Crippen LogP contribution in [0, 0.1) is 0 Å². The van der Waals surface area contributed by atoms with Crippen molar-refractivity contribution < 1.29 is 0 Å². The van der Waals surface area contributed by atoms with Gasteiger partial charge >= 0.3 is 0 Å². The van der Waals surface area contributed by atoms with Crippen LogP contribution >= 0.6 is 0 Å². The first-order valence-electron chi connectivity index (χ1n) is 6.38. The largest absolute Gasteiger partial charge is 0.328 e. The van der Waals surface area contributed by atoms with Crippen LogP contribution in [0.3, 0.4) is 0 Å². The fourth-order valence-corrected chi connectivity index (χ4v) is 2.19. The maximum Gasteiger partial charge on any atom is 0.153 e. The Balaban J connectivity index is 1.98. The number of para-hydroxylation sites is 1. The Labute approximate surface area is 111 Å². The topological polar surface area (TPSA) is 56.7 Å². The number of nitrogens with zero attached hydrogens (tertiary/aromatic N) is 3. The predicted octanol–water partition coefficient (Wildman–Crippen LogP) is 2.31. The second kappa shape index (κ2) is 4.82. The Morgan fingerprint density at radius 1 is 1.16 bits per heavy atom. The van der Waals surface area contributed by atoms with E-state index < -0.39 is 0 Å². The molecule has 0 spiro atoms. The molecule has 0 fully saturated rings. The van der Waals surface area contributed by atoms with Crippen LogP contribution < -0.4 is 5.73 Å². The summed E-state index contributed by atoms with van der Waals surface area (Å²) in [6.45, 7) is 1.99. The lowest BCUT2D eigenvalue weighted by Gasteiger charge is -2.06. The minimum atomic E-state index is 0.151. The first kappa shape index (κ1) is 11.9. The van der Waals surface area contributed by atoms with Gasteiger partial charge in [0.2, 0.25) is 0 Å². The molecule has 3 rings (SSSR count). The van der Waals surface area contributed by atoms with Crippen LogP contribution in [0.25, 0.3) is 16.7 Å². The van der Waals surface area contributed by atoms with Crippen molar-refractivity contribution in [1.82, 2.24) is 14.8 Å². The number of pyridine rings is 1. The van der Waals surface area contributed by atoms with E-state index in [1.165, 1.54) is 0 Å². The van der Waals surface area contributed by atoms with Crippen LogP contribution in [0.15, 0.2) is 48.8 Å². The van der Waals surface area contributed by atoms with Crippen molar-refractivity contribution in [2.75, 3.05) is 0 Å². The second-order valence-corrected chi connectivity index (χ2v) is 4.82. The van der Waals surface area contributed by atoms with Crippen molar-refractivity contribution in [3.05, 3.63) is 54.4 Å². The number of hydrogen-bond acceptors (Lipinski definition) is 3. The molecule has 4 nitrogen and oxygen atoms in total. The summed E-state index contributed by atoms with van der Waals surface area (Å²) in [6.07, 6.45) is 4.56. The highest BCUT2D eigenvalue weighted by atomic mass is 15.3. The first-order chi connectivity index (χ1) is 9.24. The summed E-state index contributed by atoms with van der Waals surface area (Å²) in [7, 11) is 0. The Morgan fingerprint density at radius 2 is 2.00 bits per heavy atom. The third-order valence-corrected chi connectivity index (χ3v) is 3.06. The molecule has 2 aromatic heterocycles. The van der Waals surface area contributed by atoms with E-state index in [1.54, 1.807) is 0 Å². The Hall–Kier alpha value is -2.20. The maximum absolute atomic E-state index is 5.79. The van der Waals surface area contributed by atoms with Crippen LogP contribution in [0.4, 0.5) is 0 Å². The van der Waals surface area contributed by atoms with Gasteiger partial charge in [0, 0.05) is 17.6 Å². The lowest BCUT2D eigenvalue weighted by Crippen LogP contribution is -2.17. The summed E-state index contributed by atoms with van der Waals surface area (Å²) in [5.41, 5.74) is 8.00. The van der Waals surface area contributed by atoms with Gasteiger partial charge in [0.05, 0.1) is 11.7 Å². The monoisotopic (exact) mass is 252 g/mol.